The van der Waals surface area contributed by atoms with E-state index in [2.05, 4.69) is 10.2 Å². The highest BCUT2D eigenvalue weighted by molar-refractivity contribution is 5.42. The van der Waals surface area contributed by atoms with E-state index >= 15 is 0 Å². The van der Waals surface area contributed by atoms with Gasteiger partial charge in [-0.3, -0.25) is 15.2 Å². The van der Waals surface area contributed by atoms with Crippen LogP contribution in [0.2, 0.25) is 0 Å². The fraction of sp³-hybridized carbons (Fsp3) is 0.583. The second-order valence-electron chi connectivity index (χ2n) is 4.73. The average molecular weight is 267 g/mol. The van der Waals surface area contributed by atoms with Crippen molar-refractivity contribution in [2.24, 2.45) is 5.92 Å². The summed E-state index contributed by atoms with van der Waals surface area (Å²) in [5.74, 6) is -0.00667. The minimum absolute atomic E-state index is 0.00667. The number of rotatable bonds is 3. The zero-order chi connectivity index (χ0) is 14.2. The van der Waals surface area contributed by atoms with Crippen LogP contribution in [0.25, 0.3) is 0 Å². The second-order valence-corrected chi connectivity index (χ2v) is 4.73. The molecule has 0 radical (unpaired) electrons. The summed E-state index contributed by atoms with van der Waals surface area (Å²) >= 11 is 0. The predicted molar refractivity (Wildman–Crippen MR) is 67.5 cm³/mol. The van der Waals surface area contributed by atoms with Crippen LogP contribution >= 0.6 is 0 Å². The van der Waals surface area contributed by atoms with Crippen LogP contribution < -0.4 is 0 Å². The Labute approximate surface area is 110 Å². The van der Waals surface area contributed by atoms with Gasteiger partial charge < -0.3 is 9.47 Å². The molecule has 2 heterocycles. The summed E-state index contributed by atoms with van der Waals surface area (Å²) in [4.78, 5) is 10.7. The predicted octanol–water partition coefficient (Wildman–Crippen LogP) is 2.25. The van der Waals surface area contributed by atoms with E-state index in [0.29, 0.717) is 11.4 Å². The van der Waals surface area contributed by atoms with E-state index in [0.717, 1.165) is 5.57 Å². The van der Waals surface area contributed by atoms with Gasteiger partial charge in [0.2, 0.25) is 0 Å². The number of ether oxygens (including phenoxy) is 2. The quantitative estimate of drug-likeness (QED) is 0.515. The van der Waals surface area contributed by atoms with Crippen LogP contribution in [0.3, 0.4) is 0 Å². The van der Waals surface area contributed by atoms with Crippen LogP contribution in [0.1, 0.15) is 31.3 Å². The van der Waals surface area contributed by atoms with E-state index in [1.54, 1.807) is 14.0 Å². The van der Waals surface area contributed by atoms with Gasteiger partial charge in [0.25, 0.3) is 0 Å². The van der Waals surface area contributed by atoms with Gasteiger partial charge in [0.05, 0.1) is 4.92 Å². The Bertz CT molecular complexity index is 523. The molecular formula is C12H17N3O4. The third-order valence-corrected chi connectivity index (χ3v) is 3.25. The van der Waals surface area contributed by atoms with Crippen molar-refractivity contribution in [2.45, 2.75) is 33.2 Å². The van der Waals surface area contributed by atoms with Crippen molar-refractivity contribution in [2.75, 3.05) is 7.11 Å². The third kappa shape index (κ3) is 2.39. The van der Waals surface area contributed by atoms with Gasteiger partial charge in [0, 0.05) is 13.0 Å². The van der Waals surface area contributed by atoms with Crippen LogP contribution in [-0.4, -0.2) is 28.5 Å². The molecule has 0 amide bonds. The Morgan fingerprint density at radius 2 is 2.21 bits per heavy atom. The van der Waals surface area contributed by atoms with Crippen molar-refractivity contribution in [3.05, 3.63) is 33.2 Å². The topological polar surface area (TPSA) is 90.3 Å². The molecule has 0 bridgehead atoms. The third-order valence-electron chi connectivity index (χ3n) is 3.25. The first kappa shape index (κ1) is 13.7. The highest BCUT2D eigenvalue weighted by atomic mass is 16.7. The maximum Gasteiger partial charge on any atom is 0.315 e. The van der Waals surface area contributed by atoms with Crippen molar-refractivity contribution in [1.29, 1.82) is 0 Å². The summed E-state index contributed by atoms with van der Waals surface area (Å²) in [5.41, 5.74) is 1.69. The maximum absolute atomic E-state index is 11.1. The van der Waals surface area contributed by atoms with Gasteiger partial charge in [-0.15, -0.1) is 0 Å². The fourth-order valence-electron chi connectivity index (χ4n) is 2.37. The van der Waals surface area contributed by atoms with Crippen molar-refractivity contribution in [3.8, 4) is 0 Å². The number of aromatic amines is 1. The van der Waals surface area contributed by atoms with E-state index in [-0.39, 0.29) is 11.6 Å². The molecule has 1 N–H and O–H groups in total. The average Bonchev–Trinajstić information content (AvgIpc) is 2.71. The molecular weight excluding hydrogens is 250 g/mol. The molecule has 0 fully saturated rings. The summed E-state index contributed by atoms with van der Waals surface area (Å²) in [7, 11) is 1.54. The highest BCUT2D eigenvalue weighted by Crippen LogP contribution is 2.38. The van der Waals surface area contributed by atoms with Gasteiger partial charge in [-0.1, -0.05) is 13.0 Å². The number of nitrogens with one attached hydrogen (secondary N) is 1. The first-order valence-electron chi connectivity index (χ1n) is 6.01. The smallest absolute Gasteiger partial charge is 0.315 e. The Morgan fingerprint density at radius 3 is 2.79 bits per heavy atom. The molecule has 0 saturated heterocycles. The van der Waals surface area contributed by atoms with Gasteiger partial charge in [-0.25, -0.2) is 0 Å². The molecule has 0 saturated carbocycles. The lowest BCUT2D eigenvalue weighted by molar-refractivity contribution is -0.387. The van der Waals surface area contributed by atoms with Crippen LogP contribution in [0.5, 0.6) is 0 Å². The van der Waals surface area contributed by atoms with Crippen LogP contribution in [-0.2, 0) is 9.47 Å². The van der Waals surface area contributed by atoms with Crippen molar-refractivity contribution in [3.63, 3.8) is 0 Å². The zero-order valence-electron chi connectivity index (χ0n) is 11.3. The lowest BCUT2D eigenvalue weighted by Crippen LogP contribution is -2.29. The van der Waals surface area contributed by atoms with Crippen molar-refractivity contribution >= 4 is 5.69 Å². The van der Waals surface area contributed by atoms with Gasteiger partial charge in [-0.05, 0) is 19.4 Å². The molecule has 7 heteroatoms. The van der Waals surface area contributed by atoms with E-state index in [9.17, 15) is 10.1 Å². The molecule has 0 aromatic carbocycles. The first-order chi connectivity index (χ1) is 8.95. The molecule has 19 heavy (non-hydrogen) atoms. The van der Waals surface area contributed by atoms with Crippen molar-refractivity contribution < 1.29 is 14.4 Å². The van der Waals surface area contributed by atoms with E-state index in [1.807, 2.05) is 19.9 Å². The molecule has 0 spiro atoms. The van der Waals surface area contributed by atoms with Crippen LogP contribution in [0, 0.1) is 23.0 Å². The van der Waals surface area contributed by atoms with Gasteiger partial charge >= 0.3 is 5.69 Å². The molecule has 104 valence electrons. The molecule has 7 nitrogen and oxygen atoms in total. The number of methoxy groups -OCH3 is 1. The maximum atomic E-state index is 11.1. The number of hydrogen-bond donors (Lipinski definition) is 1. The number of H-pyrrole nitrogens is 1. The summed E-state index contributed by atoms with van der Waals surface area (Å²) in [6, 6.07) is 0. The summed E-state index contributed by atoms with van der Waals surface area (Å²) in [5, 5.41) is 17.8. The standard InChI is InChI=1S/C12H17N3O4/c1-6-5-7(2)12(18-4)19-11(6)9-10(15(16)17)8(3)13-14-9/h5-6,11-12H,1-4H3,(H,13,14). The Balaban J connectivity index is 2.40. The lowest BCUT2D eigenvalue weighted by Gasteiger charge is -2.31. The van der Waals surface area contributed by atoms with Crippen LogP contribution in [0.15, 0.2) is 11.6 Å². The number of nitro groups is 1. The summed E-state index contributed by atoms with van der Waals surface area (Å²) in [6.45, 7) is 5.47. The molecule has 3 unspecified atom stereocenters. The zero-order valence-corrected chi connectivity index (χ0v) is 11.3. The molecule has 1 aromatic rings. The fourth-order valence-corrected chi connectivity index (χ4v) is 2.37. The minimum atomic E-state index is -0.488. The molecule has 3 atom stereocenters. The second kappa shape index (κ2) is 5.10. The molecule has 1 aliphatic rings. The monoisotopic (exact) mass is 267 g/mol. The van der Waals surface area contributed by atoms with Crippen LogP contribution in [0.4, 0.5) is 5.69 Å². The van der Waals surface area contributed by atoms with Gasteiger partial charge in [0.15, 0.2) is 12.0 Å². The van der Waals surface area contributed by atoms with Gasteiger partial charge in [-0.2, -0.15) is 5.10 Å². The summed E-state index contributed by atoms with van der Waals surface area (Å²) < 4.78 is 11.0. The molecule has 2 rings (SSSR count). The molecule has 1 aliphatic heterocycles. The van der Waals surface area contributed by atoms with Crippen molar-refractivity contribution in [1.82, 2.24) is 10.2 Å². The molecule has 0 aliphatic carbocycles. The number of aryl methyl sites for hydroxylation is 1. The lowest BCUT2D eigenvalue weighted by atomic mass is 9.95. The normalized spacial score (nSPS) is 27.2. The number of aromatic nitrogens is 2. The minimum Gasteiger partial charge on any atom is -0.352 e. The van der Waals surface area contributed by atoms with E-state index in [1.165, 1.54) is 0 Å². The highest BCUT2D eigenvalue weighted by Gasteiger charge is 2.36. The Morgan fingerprint density at radius 1 is 1.53 bits per heavy atom. The number of hydrogen-bond acceptors (Lipinski definition) is 5. The molecule has 1 aromatic heterocycles. The largest absolute Gasteiger partial charge is 0.352 e. The van der Waals surface area contributed by atoms with E-state index < -0.39 is 17.3 Å². The SMILES string of the molecule is COC1OC(c2n[nH]c(C)c2[N+](=O)[O-])C(C)C=C1C. The number of nitrogens with zero attached hydrogens (tertiary/aromatic N) is 2. The first-order valence-corrected chi connectivity index (χ1v) is 6.01. The van der Waals surface area contributed by atoms with E-state index in [4.69, 9.17) is 9.47 Å². The Hall–Kier alpha value is -1.73. The Kier molecular flexibility index (Phi) is 3.68. The van der Waals surface area contributed by atoms with Gasteiger partial charge in [0.1, 0.15) is 11.8 Å². The summed E-state index contributed by atoms with van der Waals surface area (Å²) in [6.07, 6.45) is 1.02.